The number of halogens is 1. The number of hydrogen-bond donors (Lipinski definition) is 2. The summed E-state index contributed by atoms with van der Waals surface area (Å²) < 4.78 is 5.07. The number of ether oxygens (including phenoxy) is 1. The summed E-state index contributed by atoms with van der Waals surface area (Å²) in [5, 5.41) is 0.528. The van der Waals surface area contributed by atoms with Crippen molar-refractivity contribution in [1.29, 1.82) is 0 Å². The van der Waals surface area contributed by atoms with Crippen molar-refractivity contribution in [3.63, 3.8) is 0 Å². The van der Waals surface area contributed by atoms with E-state index in [0.29, 0.717) is 36.9 Å². The van der Waals surface area contributed by atoms with Crippen LogP contribution in [0.4, 0.5) is 4.79 Å². The molecule has 1 fully saturated rings. The van der Waals surface area contributed by atoms with Crippen molar-refractivity contribution >= 4 is 29.4 Å². The second-order valence-electron chi connectivity index (χ2n) is 4.49. The topological polar surface area (TPSA) is 111 Å². The number of aliphatic imine (C=N–C) groups is 1. The van der Waals surface area contributed by atoms with E-state index in [2.05, 4.69) is 11.6 Å². The number of morpholine rings is 1. The van der Waals surface area contributed by atoms with Gasteiger partial charge in [-0.1, -0.05) is 30.3 Å². The third kappa shape index (κ3) is 6.94. The molecule has 1 aliphatic heterocycles. The highest BCUT2D eigenvalue weighted by atomic mass is 35.5. The van der Waals surface area contributed by atoms with Gasteiger partial charge in [-0.05, 0) is 18.2 Å². The highest BCUT2D eigenvalue weighted by Crippen LogP contribution is 2.10. The molecule has 4 N–H and O–H groups in total. The number of hydrogen-bond acceptors (Lipinski definition) is 3. The molecule has 7 nitrogen and oxygen atoms in total. The fourth-order valence-corrected chi connectivity index (χ4v) is 1.93. The number of urea groups is 1. The Morgan fingerprint density at radius 1 is 1.30 bits per heavy atom. The first-order chi connectivity index (χ1) is 10.9. The highest BCUT2D eigenvalue weighted by molar-refractivity contribution is 6.31. The Labute approximate surface area is 139 Å². The molecule has 124 valence electrons. The third-order valence-corrected chi connectivity index (χ3v) is 3.08. The van der Waals surface area contributed by atoms with E-state index in [4.69, 9.17) is 27.8 Å². The van der Waals surface area contributed by atoms with Crippen LogP contribution in [-0.4, -0.2) is 49.0 Å². The zero-order valence-corrected chi connectivity index (χ0v) is 13.3. The Bertz CT molecular complexity index is 598. The third-order valence-electron chi connectivity index (χ3n) is 2.85. The number of nitrogens with two attached hydrogens (primary N) is 2. The maximum atomic E-state index is 10.9. The number of amides is 3. The molecular formula is C15H19ClN4O3. The molecule has 0 radical (unpaired) electrons. The maximum Gasteiger partial charge on any atom is 0.340 e. The van der Waals surface area contributed by atoms with Crippen LogP contribution in [0.15, 0.2) is 41.9 Å². The van der Waals surface area contributed by atoms with E-state index in [0.717, 1.165) is 0 Å². The largest absolute Gasteiger partial charge is 0.383 e. The van der Waals surface area contributed by atoms with E-state index in [9.17, 15) is 9.59 Å². The van der Waals surface area contributed by atoms with Crippen LogP contribution in [0.1, 0.15) is 5.56 Å². The normalized spacial score (nSPS) is 14.5. The molecule has 8 heteroatoms. The molecule has 1 aromatic rings. The lowest BCUT2D eigenvalue weighted by Gasteiger charge is -2.25. The second kappa shape index (κ2) is 9.60. The van der Waals surface area contributed by atoms with Gasteiger partial charge in [-0.3, -0.25) is 4.79 Å². The fraction of sp³-hybridized carbons (Fsp3) is 0.267. The second-order valence-corrected chi connectivity index (χ2v) is 4.92. The van der Waals surface area contributed by atoms with Crippen LogP contribution >= 0.6 is 11.6 Å². The van der Waals surface area contributed by atoms with Crippen molar-refractivity contribution in [2.75, 3.05) is 26.3 Å². The van der Waals surface area contributed by atoms with Crippen LogP contribution in [0, 0.1) is 0 Å². The smallest absolute Gasteiger partial charge is 0.340 e. The van der Waals surface area contributed by atoms with Crippen molar-refractivity contribution in [1.82, 2.24) is 4.90 Å². The first-order valence-electron chi connectivity index (χ1n) is 6.82. The summed E-state index contributed by atoms with van der Waals surface area (Å²) in [5.74, 6) is 0.0679. The number of benzene rings is 1. The standard InChI is InChI=1S/C8H8ClN3O.C7H11NO2/c9-6-3-1-2-5(4-6)7(10)12-8(11)13;1-2-7(9)8-3-5-10-6-4-8/h1-4H,(H4,10,11,12,13);2H,1,3-6H2. The summed E-state index contributed by atoms with van der Waals surface area (Å²) in [6, 6.07) is 5.87. The van der Waals surface area contributed by atoms with Crippen molar-refractivity contribution < 1.29 is 14.3 Å². The Balaban J connectivity index is 0.000000238. The van der Waals surface area contributed by atoms with Crippen molar-refractivity contribution in [3.05, 3.63) is 47.5 Å². The van der Waals surface area contributed by atoms with E-state index < -0.39 is 6.03 Å². The van der Waals surface area contributed by atoms with Crippen molar-refractivity contribution in [2.24, 2.45) is 16.5 Å². The Kier molecular flexibility index (Phi) is 7.79. The van der Waals surface area contributed by atoms with Gasteiger partial charge in [-0.25, -0.2) is 4.79 Å². The van der Waals surface area contributed by atoms with E-state index >= 15 is 0 Å². The minimum Gasteiger partial charge on any atom is -0.383 e. The summed E-state index contributed by atoms with van der Waals surface area (Å²) >= 11 is 5.70. The molecule has 1 heterocycles. The van der Waals surface area contributed by atoms with Gasteiger partial charge in [0.05, 0.1) is 13.2 Å². The molecule has 0 unspecified atom stereocenters. The first-order valence-corrected chi connectivity index (χ1v) is 7.20. The number of rotatable bonds is 2. The van der Waals surface area contributed by atoms with E-state index in [1.54, 1.807) is 29.2 Å². The van der Waals surface area contributed by atoms with Gasteiger partial charge < -0.3 is 21.1 Å². The zero-order chi connectivity index (χ0) is 17.2. The molecule has 1 saturated heterocycles. The van der Waals surface area contributed by atoms with Gasteiger partial charge in [0.25, 0.3) is 0 Å². The Morgan fingerprint density at radius 3 is 2.48 bits per heavy atom. The molecule has 2 rings (SSSR count). The van der Waals surface area contributed by atoms with Gasteiger partial charge in [-0.2, -0.15) is 4.99 Å². The average Bonchev–Trinajstić information content (AvgIpc) is 2.55. The molecule has 0 spiro atoms. The molecule has 0 aromatic heterocycles. The summed E-state index contributed by atoms with van der Waals surface area (Å²) in [5.41, 5.74) is 10.9. The highest BCUT2D eigenvalue weighted by Gasteiger charge is 2.12. The van der Waals surface area contributed by atoms with Gasteiger partial charge >= 0.3 is 6.03 Å². The summed E-state index contributed by atoms with van der Waals surface area (Å²) in [4.78, 5) is 26.4. The molecule has 23 heavy (non-hydrogen) atoms. The quantitative estimate of drug-likeness (QED) is 0.478. The lowest BCUT2D eigenvalue weighted by Crippen LogP contribution is -2.39. The Morgan fingerprint density at radius 2 is 1.96 bits per heavy atom. The predicted octanol–water partition coefficient (Wildman–Crippen LogP) is 1.16. The number of carbonyl (C=O) groups is 2. The van der Waals surface area contributed by atoms with Gasteiger partial charge in [0.1, 0.15) is 5.84 Å². The molecule has 0 aliphatic carbocycles. The molecule has 0 saturated carbocycles. The van der Waals surface area contributed by atoms with Crippen molar-refractivity contribution in [3.8, 4) is 0 Å². The Hall–Kier alpha value is -2.38. The zero-order valence-electron chi connectivity index (χ0n) is 12.6. The van der Waals surface area contributed by atoms with Gasteiger partial charge in [0.15, 0.2) is 0 Å². The lowest BCUT2D eigenvalue weighted by molar-refractivity contribution is -0.129. The predicted molar refractivity (Wildman–Crippen MR) is 89.4 cm³/mol. The SMILES string of the molecule is C=CC(=O)N1CCOCC1.NC(=O)/N=C(\N)c1cccc(Cl)c1. The van der Waals surface area contributed by atoms with E-state index in [1.807, 2.05) is 0 Å². The molecule has 0 atom stereocenters. The monoisotopic (exact) mass is 338 g/mol. The molecule has 1 aliphatic rings. The molecule has 1 aromatic carbocycles. The van der Waals surface area contributed by atoms with Gasteiger partial charge in [-0.15, -0.1) is 0 Å². The number of primary amides is 1. The molecule has 0 bridgehead atoms. The number of carbonyl (C=O) groups excluding carboxylic acids is 2. The number of nitrogens with zero attached hydrogens (tertiary/aromatic N) is 2. The fourth-order valence-electron chi connectivity index (χ4n) is 1.74. The van der Waals surface area contributed by atoms with E-state index in [1.165, 1.54) is 6.08 Å². The van der Waals surface area contributed by atoms with Crippen LogP contribution in [0.25, 0.3) is 0 Å². The maximum absolute atomic E-state index is 10.9. The number of amidine groups is 1. The molecular weight excluding hydrogens is 320 g/mol. The molecule has 3 amide bonds. The lowest BCUT2D eigenvalue weighted by atomic mass is 10.2. The van der Waals surface area contributed by atoms with Crippen LogP contribution in [-0.2, 0) is 9.53 Å². The van der Waals surface area contributed by atoms with Crippen LogP contribution in [0.2, 0.25) is 5.02 Å². The van der Waals surface area contributed by atoms with Gasteiger partial charge in [0.2, 0.25) is 5.91 Å². The minimum absolute atomic E-state index is 0.00306. The first kappa shape index (κ1) is 18.7. The average molecular weight is 339 g/mol. The summed E-state index contributed by atoms with van der Waals surface area (Å²) in [6.07, 6.45) is 1.34. The van der Waals surface area contributed by atoms with Crippen molar-refractivity contribution in [2.45, 2.75) is 0 Å². The summed E-state index contributed by atoms with van der Waals surface area (Å²) in [6.45, 7) is 6.11. The van der Waals surface area contributed by atoms with Crippen LogP contribution in [0.5, 0.6) is 0 Å². The van der Waals surface area contributed by atoms with Gasteiger partial charge in [0, 0.05) is 23.7 Å². The minimum atomic E-state index is -0.822. The van der Waals surface area contributed by atoms with Crippen LogP contribution < -0.4 is 11.5 Å². The van der Waals surface area contributed by atoms with E-state index in [-0.39, 0.29) is 11.7 Å². The van der Waals surface area contributed by atoms with Crippen LogP contribution in [0.3, 0.4) is 0 Å². The summed E-state index contributed by atoms with van der Waals surface area (Å²) in [7, 11) is 0.